The summed E-state index contributed by atoms with van der Waals surface area (Å²) in [6.07, 6.45) is -3.82. The van der Waals surface area contributed by atoms with E-state index >= 15 is 0 Å². The van der Waals surface area contributed by atoms with Crippen LogP contribution in [0.25, 0.3) is 0 Å². The maximum Gasteiger partial charge on any atom is 0.471 e. The molecule has 0 fully saturated rings. The summed E-state index contributed by atoms with van der Waals surface area (Å²) in [6, 6.07) is 1.08. The van der Waals surface area contributed by atoms with E-state index < -0.39 is 12.1 Å². The molecule has 15 heavy (non-hydrogen) atoms. The molecule has 0 aromatic carbocycles. The molecule has 0 bridgehead atoms. The van der Waals surface area contributed by atoms with E-state index in [0.29, 0.717) is 0 Å². The third kappa shape index (κ3) is 2.98. The molecule has 4 nitrogen and oxygen atoms in total. The number of pyridine rings is 1. The Balaban J connectivity index is 2.90. The van der Waals surface area contributed by atoms with Crippen molar-refractivity contribution in [1.29, 1.82) is 0 Å². The molecule has 1 amide bonds. The highest BCUT2D eigenvalue weighted by Crippen LogP contribution is 2.23. The van der Waals surface area contributed by atoms with Crippen molar-refractivity contribution in [2.75, 3.05) is 11.1 Å². The van der Waals surface area contributed by atoms with Gasteiger partial charge in [0.2, 0.25) is 0 Å². The van der Waals surface area contributed by atoms with Gasteiger partial charge in [0.25, 0.3) is 0 Å². The van der Waals surface area contributed by atoms with Crippen molar-refractivity contribution in [3.05, 3.63) is 17.3 Å². The molecule has 0 saturated heterocycles. The zero-order valence-electron chi connectivity index (χ0n) is 7.10. The number of hydrogen-bond acceptors (Lipinski definition) is 3. The van der Waals surface area contributed by atoms with Crippen LogP contribution in [0.2, 0.25) is 5.02 Å². The highest BCUT2D eigenvalue weighted by Gasteiger charge is 2.39. The molecule has 1 rings (SSSR count). The monoisotopic (exact) mass is 239 g/mol. The van der Waals surface area contributed by atoms with Gasteiger partial charge in [-0.05, 0) is 6.07 Å². The molecule has 1 heterocycles. The van der Waals surface area contributed by atoms with E-state index in [4.69, 9.17) is 17.3 Å². The van der Waals surface area contributed by atoms with Gasteiger partial charge in [-0.1, -0.05) is 11.6 Å². The number of nitrogen functional groups attached to an aromatic ring is 1. The van der Waals surface area contributed by atoms with Crippen molar-refractivity contribution in [1.82, 2.24) is 4.98 Å². The van der Waals surface area contributed by atoms with E-state index in [1.807, 2.05) is 0 Å². The van der Waals surface area contributed by atoms with Crippen LogP contribution in [0.5, 0.6) is 0 Å². The summed E-state index contributed by atoms with van der Waals surface area (Å²) < 4.78 is 35.6. The van der Waals surface area contributed by atoms with Crippen molar-refractivity contribution in [2.45, 2.75) is 6.18 Å². The first-order valence-electron chi connectivity index (χ1n) is 3.60. The van der Waals surface area contributed by atoms with Gasteiger partial charge < -0.3 is 11.1 Å². The van der Waals surface area contributed by atoms with E-state index in [1.165, 1.54) is 0 Å². The molecular formula is C7H5ClF3N3O. The third-order valence-electron chi connectivity index (χ3n) is 1.39. The summed E-state index contributed by atoms with van der Waals surface area (Å²) in [5.41, 5.74) is 4.96. The lowest BCUT2D eigenvalue weighted by Gasteiger charge is -2.09. The number of nitrogens with two attached hydrogens (primary N) is 1. The van der Waals surface area contributed by atoms with Crippen LogP contribution in [0.3, 0.4) is 0 Å². The number of alkyl halides is 3. The fraction of sp³-hybridized carbons (Fsp3) is 0.143. The van der Waals surface area contributed by atoms with Crippen molar-refractivity contribution in [3.63, 3.8) is 0 Å². The van der Waals surface area contributed by atoms with Gasteiger partial charge in [0.05, 0.1) is 10.7 Å². The average molecular weight is 240 g/mol. The molecule has 0 unspecified atom stereocenters. The fourth-order valence-electron chi connectivity index (χ4n) is 0.743. The number of carbonyl (C=O) groups is 1. The van der Waals surface area contributed by atoms with Crippen molar-refractivity contribution < 1.29 is 18.0 Å². The lowest BCUT2D eigenvalue weighted by molar-refractivity contribution is -0.167. The van der Waals surface area contributed by atoms with Gasteiger partial charge in [0.1, 0.15) is 5.82 Å². The number of halogens is 4. The Kier molecular flexibility index (Phi) is 3.04. The third-order valence-corrected chi connectivity index (χ3v) is 1.60. The maximum atomic E-state index is 11.9. The van der Waals surface area contributed by atoms with Gasteiger partial charge in [-0.2, -0.15) is 13.2 Å². The normalized spacial score (nSPS) is 11.2. The van der Waals surface area contributed by atoms with E-state index in [0.717, 1.165) is 12.3 Å². The minimum atomic E-state index is -4.98. The van der Waals surface area contributed by atoms with Gasteiger partial charge in [0, 0.05) is 6.20 Å². The Labute approximate surface area is 87.2 Å². The Bertz CT molecular complexity index is 394. The van der Waals surface area contributed by atoms with E-state index in [1.54, 1.807) is 5.32 Å². The van der Waals surface area contributed by atoms with Crippen LogP contribution in [-0.2, 0) is 4.79 Å². The molecule has 0 spiro atoms. The molecule has 1 aromatic heterocycles. The molecule has 0 aliphatic rings. The fourth-order valence-corrected chi connectivity index (χ4v) is 0.901. The lowest BCUT2D eigenvalue weighted by atomic mass is 10.3. The zero-order valence-corrected chi connectivity index (χ0v) is 7.86. The Morgan fingerprint density at radius 3 is 2.67 bits per heavy atom. The number of hydrogen-bond donors (Lipinski definition) is 2. The van der Waals surface area contributed by atoms with Crippen LogP contribution in [-0.4, -0.2) is 17.1 Å². The molecule has 0 aliphatic heterocycles. The summed E-state index contributed by atoms with van der Waals surface area (Å²) in [6.45, 7) is 0. The van der Waals surface area contributed by atoms with Crippen LogP contribution < -0.4 is 11.1 Å². The van der Waals surface area contributed by atoms with Gasteiger partial charge in [-0.15, -0.1) is 0 Å². The Morgan fingerprint density at radius 1 is 1.53 bits per heavy atom. The quantitative estimate of drug-likeness (QED) is 0.785. The van der Waals surface area contributed by atoms with Crippen LogP contribution in [0, 0.1) is 0 Å². The van der Waals surface area contributed by atoms with Gasteiger partial charge in [0.15, 0.2) is 0 Å². The summed E-state index contributed by atoms with van der Waals surface area (Å²) in [5, 5.41) is 1.63. The molecule has 3 N–H and O–H groups in total. The van der Waals surface area contributed by atoms with E-state index in [2.05, 4.69) is 4.98 Å². The minimum absolute atomic E-state index is 0.0710. The standard InChI is InChI=1S/C7H5ClF3N3O/c8-3-1-4(5(12)13-2-3)14-6(15)7(9,10)11/h1-2H,(H2,12,13)(H,14,15). The molecule has 82 valence electrons. The van der Waals surface area contributed by atoms with Gasteiger partial charge in [-0.3, -0.25) is 4.79 Å². The van der Waals surface area contributed by atoms with Crippen molar-refractivity contribution in [2.24, 2.45) is 0 Å². The molecule has 1 aromatic rings. The van der Waals surface area contributed by atoms with E-state index in [-0.39, 0.29) is 16.5 Å². The Morgan fingerprint density at radius 2 is 2.13 bits per heavy atom. The number of amides is 1. The number of nitrogens with zero attached hydrogens (tertiary/aromatic N) is 1. The number of nitrogens with one attached hydrogen (secondary N) is 1. The highest BCUT2D eigenvalue weighted by molar-refractivity contribution is 6.30. The topological polar surface area (TPSA) is 68.0 Å². The summed E-state index contributed by atoms with van der Waals surface area (Å²) >= 11 is 5.46. The van der Waals surface area contributed by atoms with Crippen molar-refractivity contribution in [3.8, 4) is 0 Å². The van der Waals surface area contributed by atoms with Crippen LogP contribution in [0.4, 0.5) is 24.7 Å². The zero-order chi connectivity index (χ0) is 11.6. The molecule has 8 heteroatoms. The molecule has 0 saturated carbocycles. The minimum Gasteiger partial charge on any atom is -0.382 e. The van der Waals surface area contributed by atoms with Crippen LogP contribution >= 0.6 is 11.6 Å². The second kappa shape index (κ2) is 3.93. The summed E-state index contributed by atoms with van der Waals surface area (Å²) in [5.74, 6) is -2.37. The Hall–Kier alpha value is -1.50. The first kappa shape index (κ1) is 11.6. The van der Waals surface area contributed by atoms with Crippen LogP contribution in [0.15, 0.2) is 12.3 Å². The molecule has 0 atom stereocenters. The number of carbonyl (C=O) groups excluding carboxylic acids is 1. The second-order valence-electron chi connectivity index (χ2n) is 2.54. The first-order valence-corrected chi connectivity index (χ1v) is 3.97. The lowest BCUT2D eigenvalue weighted by Crippen LogP contribution is -2.30. The largest absolute Gasteiger partial charge is 0.471 e. The van der Waals surface area contributed by atoms with Crippen molar-refractivity contribution >= 4 is 29.0 Å². The van der Waals surface area contributed by atoms with Gasteiger partial charge in [-0.25, -0.2) is 4.98 Å². The second-order valence-corrected chi connectivity index (χ2v) is 2.97. The van der Waals surface area contributed by atoms with E-state index in [9.17, 15) is 18.0 Å². The number of anilines is 2. The molecule has 0 radical (unpaired) electrons. The van der Waals surface area contributed by atoms with Gasteiger partial charge >= 0.3 is 12.1 Å². The molecular weight excluding hydrogens is 235 g/mol. The SMILES string of the molecule is Nc1ncc(Cl)cc1NC(=O)C(F)(F)F. The smallest absolute Gasteiger partial charge is 0.382 e. The molecule has 0 aliphatic carbocycles. The number of rotatable bonds is 1. The maximum absolute atomic E-state index is 11.9. The predicted molar refractivity (Wildman–Crippen MR) is 48.3 cm³/mol. The summed E-state index contributed by atoms with van der Waals surface area (Å²) in [7, 11) is 0. The average Bonchev–Trinajstić information content (AvgIpc) is 2.09. The summed E-state index contributed by atoms with van der Waals surface area (Å²) in [4.78, 5) is 14.0. The van der Waals surface area contributed by atoms with Crippen LogP contribution in [0.1, 0.15) is 0 Å². The predicted octanol–water partition coefficient (Wildman–Crippen LogP) is 1.82. The number of aromatic nitrogens is 1. The first-order chi connectivity index (χ1) is 6.80. The highest BCUT2D eigenvalue weighted by atomic mass is 35.5.